The molecule has 0 aromatic heterocycles. The van der Waals surface area contributed by atoms with Gasteiger partial charge >= 0.3 is 0 Å². The zero-order valence-electron chi connectivity index (χ0n) is 18.7. The van der Waals surface area contributed by atoms with E-state index < -0.39 is 0 Å². The minimum absolute atomic E-state index is 0.0269. The Bertz CT molecular complexity index is 1010. The molecule has 0 heterocycles. The Morgan fingerprint density at radius 2 is 1.61 bits per heavy atom. The molecule has 0 bridgehead atoms. The van der Waals surface area contributed by atoms with Crippen LogP contribution in [0.5, 0.6) is 5.75 Å². The molecule has 0 fully saturated rings. The summed E-state index contributed by atoms with van der Waals surface area (Å²) < 4.78 is 5.20. The third-order valence-electron chi connectivity index (χ3n) is 5.02. The van der Waals surface area contributed by atoms with Crippen molar-refractivity contribution in [3.8, 4) is 5.75 Å². The molecular weight excluding hydrogens is 386 g/mol. The van der Waals surface area contributed by atoms with Gasteiger partial charge in [0.1, 0.15) is 5.75 Å². The Morgan fingerprint density at radius 3 is 2.26 bits per heavy atom. The third-order valence-corrected chi connectivity index (χ3v) is 5.02. The van der Waals surface area contributed by atoms with Crippen LogP contribution < -0.4 is 20.7 Å². The van der Waals surface area contributed by atoms with Gasteiger partial charge in [-0.05, 0) is 85.5 Å². The first-order valence-corrected chi connectivity index (χ1v) is 10.6. The van der Waals surface area contributed by atoms with Gasteiger partial charge in [0.15, 0.2) is 0 Å². The predicted octanol–water partition coefficient (Wildman–Crippen LogP) is 6.27. The maximum Gasteiger partial charge on any atom is 0.251 e. The lowest BCUT2D eigenvalue weighted by Crippen LogP contribution is -2.25. The van der Waals surface area contributed by atoms with E-state index in [-0.39, 0.29) is 5.91 Å². The number of aryl methyl sites for hydroxylation is 1. The smallest absolute Gasteiger partial charge is 0.251 e. The van der Waals surface area contributed by atoms with Crippen LogP contribution in [0.1, 0.15) is 36.2 Å². The lowest BCUT2D eigenvalue weighted by Gasteiger charge is -2.14. The number of hydrogen-bond donors (Lipinski definition) is 3. The maximum atomic E-state index is 12.4. The Morgan fingerprint density at radius 1 is 0.903 bits per heavy atom. The number of ether oxygens (including phenoxy) is 1. The fourth-order valence-electron chi connectivity index (χ4n) is 3.19. The Labute approximate surface area is 184 Å². The normalized spacial score (nSPS) is 10.6. The maximum absolute atomic E-state index is 12.4. The summed E-state index contributed by atoms with van der Waals surface area (Å²) in [4.78, 5) is 12.4. The van der Waals surface area contributed by atoms with Crippen molar-refractivity contribution in [3.05, 3.63) is 77.9 Å². The summed E-state index contributed by atoms with van der Waals surface area (Å²) in [6, 6.07) is 21.6. The number of carbonyl (C=O) groups excluding carboxylic acids is 1. The van der Waals surface area contributed by atoms with E-state index in [9.17, 15) is 4.79 Å². The van der Waals surface area contributed by atoms with Gasteiger partial charge in [-0.3, -0.25) is 4.79 Å². The standard InChI is InChI=1S/C26H31N3O2/c1-18(2)14-15-27-26(30)20-8-13-25(19(3)16-20)29-23-7-5-6-22(17-23)28-21-9-11-24(31-4)12-10-21/h5-13,16-18,28-29H,14-15H2,1-4H3,(H,27,30). The van der Waals surface area contributed by atoms with Crippen LogP contribution >= 0.6 is 0 Å². The number of hydrogen-bond acceptors (Lipinski definition) is 4. The first kappa shape index (κ1) is 22.2. The molecular formula is C26H31N3O2. The molecule has 0 unspecified atom stereocenters. The largest absolute Gasteiger partial charge is 0.497 e. The van der Waals surface area contributed by atoms with Crippen molar-refractivity contribution in [2.24, 2.45) is 5.92 Å². The molecule has 0 saturated carbocycles. The topological polar surface area (TPSA) is 62.4 Å². The van der Waals surface area contributed by atoms with Gasteiger partial charge in [-0.25, -0.2) is 0 Å². The highest BCUT2D eigenvalue weighted by Gasteiger charge is 2.08. The first-order valence-electron chi connectivity index (χ1n) is 10.6. The lowest BCUT2D eigenvalue weighted by atomic mass is 10.1. The molecule has 162 valence electrons. The molecule has 0 saturated heterocycles. The van der Waals surface area contributed by atoms with Crippen LogP contribution in [0.3, 0.4) is 0 Å². The van der Waals surface area contributed by atoms with Crippen molar-refractivity contribution >= 4 is 28.7 Å². The molecule has 1 amide bonds. The van der Waals surface area contributed by atoms with Crippen LogP contribution in [0.2, 0.25) is 0 Å². The van der Waals surface area contributed by atoms with E-state index in [0.29, 0.717) is 18.0 Å². The molecule has 3 N–H and O–H groups in total. The second-order valence-corrected chi connectivity index (χ2v) is 8.03. The van der Waals surface area contributed by atoms with Crippen LogP contribution in [0.25, 0.3) is 0 Å². The fraction of sp³-hybridized carbons (Fsp3) is 0.269. The summed E-state index contributed by atoms with van der Waals surface area (Å²) in [7, 11) is 1.66. The van der Waals surface area contributed by atoms with Crippen molar-refractivity contribution < 1.29 is 9.53 Å². The molecule has 3 aromatic rings. The Hall–Kier alpha value is -3.47. The minimum atomic E-state index is -0.0269. The molecule has 0 atom stereocenters. The third kappa shape index (κ3) is 6.51. The van der Waals surface area contributed by atoms with E-state index >= 15 is 0 Å². The number of amides is 1. The molecule has 3 aromatic carbocycles. The molecule has 0 spiro atoms. The average molecular weight is 418 g/mol. The van der Waals surface area contributed by atoms with E-state index in [4.69, 9.17) is 4.74 Å². The molecule has 5 nitrogen and oxygen atoms in total. The predicted molar refractivity (Wildman–Crippen MR) is 129 cm³/mol. The zero-order chi connectivity index (χ0) is 22.2. The summed E-state index contributed by atoms with van der Waals surface area (Å²) in [5.74, 6) is 1.37. The second kappa shape index (κ2) is 10.5. The number of anilines is 4. The van der Waals surface area contributed by atoms with Gasteiger partial charge in [0.05, 0.1) is 7.11 Å². The van der Waals surface area contributed by atoms with Crippen molar-refractivity contribution in [1.82, 2.24) is 5.32 Å². The van der Waals surface area contributed by atoms with Crippen LogP contribution in [0, 0.1) is 12.8 Å². The minimum Gasteiger partial charge on any atom is -0.497 e. The van der Waals surface area contributed by atoms with Gasteiger partial charge in [-0.15, -0.1) is 0 Å². The summed E-state index contributed by atoms with van der Waals surface area (Å²) >= 11 is 0. The van der Waals surface area contributed by atoms with Crippen LogP contribution in [-0.2, 0) is 0 Å². The van der Waals surface area contributed by atoms with E-state index in [1.165, 1.54) is 0 Å². The summed E-state index contributed by atoms with van der Waals surface area (Å²) in [6.07, 6.45) is 0.977. The molecule has 0 aliphatic heterocycles. The highest BCUT2D eigenvalue weighted by molar-refractivity contribution is 5.95. The molecule has 0 radical (unpaired) electrons. The molecule has 0 aliphatic carbocycles. The van der Waals surface area contributed by atoms with Crippen molar-refractivity contribution in [1.29, 1.82) is 0 Å². The monoisotopic (exact) mass is 417 g/mol. The summed E-state index contributed by atoms with van der Waals surface area (Å²) in [6.45, 7) is 7.01. The van der Waals surface area contributed by atoms with Gasteiger partial charge in [-0.2, -0.15) is 0 Å². The van der Waals surface area contributed by atoms with E-state index in [1.54, 1.807) is 7.11 Å². The molecule has 3 rings (SSSR count). The first-order chi connectivity index (χ1) is 14.9. The van der Waals surface area contributed by atoms with Crippen molar-refractivity contribution in [3.63, 3.8) is 0 Å². The van der Waals surface area contributed by atoms with Gasteiger partial charge in [-0.1, -0.05) is 19.9 Å². The quantitative estimate of drug-likeness (QED) is 0.384. The molecule has 5 heteroatoms. The Kier molecular flexibility index (Phi) is 7.55. The van der Waals surface area contributed by atoms with Gasteiger partial charge in [0, 0.05) is 34.9 Å². The number of nitrogens with one attached hydrogen (secondary N) is 3. The van der Waals surface area contributed by atoms with Crippen LogP contribution in [0.4, 0.5) is 22.7 Å². The van der Waals surface area contributed by atoms with E-state index in [0.717, 1.165) is 40.5 Å². The van der Waals surface area contributed by atoms with Crippen molar-refractivity contribution in [2.75, 3.05) is 24.3 Å². The molecule has 31 heavy (non-hydrogen) atoms. The fourth-order valence-corrected chi connectivity index (χ4v) is 3.19. The SMILES string of the molecule is COc1ccc(Nc2cccc(Nc3ccc(C(=O)NCCC(C)C)cc3C)c2)cc1. The summed E-state index contributed by atoms with van der Waals surface area (Å²) in [5, 5.41) is 9.84. The molecule has 0 aliphatic rings. The summed E-state index contributed by atoms with van der Waals surface area (Å²) in [5.41, 5.74) is 5.61. The second-order valence-electron chi connectivity index (χ2n) is 8.03. The van der Waals surface area contributed by atoms with Gasteiger partial charge in [0.25, 0.3) is 5.91 Å². The average Bonchev–Trinajstić information content (AvgIpc) is 2.75. The van der Waals surface area contributed by atoms with Gasteiger partial charge < -0.3 is 20.7 Å². The zero-order valence-corrected chi connectivity index (χ0v) is 18.7. The number of methoxy groups -OCH3 is 1. The number of carbonyl (C=O) groups is 1. The van der Waals surface area contributed by atoms with E-state index in [1.807, 2.05) is 67.6 Å². The van der Waals surface area contributed by atoms with Crippen molar-refractivity contribution in [2.45, 2.75) is 27.2 Å². The highest BCUT2D eigenvalue weighted by Crippen LogP contribution is 2.26. The van der Waals surface area contributed by atoms with E-state index in [2.05, 4.69) is 35.9 Å². The van der Waals surface area contributed by atoms with Crippen LogP contribution in [-0.4, -0.2) is 19.6 Å². The highest BCUT2D eigenvalue weighted by atomic mass is 16.5. The number of benzene rings is 3. The Balaban J connectivity index is 1.65. The lowest BCUT2D eigenvalue weighted by molar-refractivity contribution is 0.0952. The van der Waals surface area contributed by atoms with Gasteiger partial charge in [0.2, 0.25) is 0 Å². The number of rotatable bonds is 9. The van der Waals surface area contributed by atoms with Crippen LogP contribution in [0.15, 0.2) is 66.7 Å².